The topological polar surface area (TPSA) is 120 Å². The summed E-state index contributed by atoms with van der Waals surface area (Å²) in [7, 11) is 0. The summed E-state index contributed by atoms with van der Waals surface area (Å²) in [5.41, 5.74) is 7.44. The molecule has 1 atom stereocenters. The van der Waals surface area contributed by atoms with Gasteiger partial charge in [0, 0.05) is 24.9 Å². The fourth-order valence-electron chi connectivity index (χ4n) is 3.70. The fourth-order valence-corrected chi connectivity index (χ4v) is 3.70. The standard InChI is InChI=1S/C30H33N3O5/c1-30(2,3)38-29(36)33-26(27(31)34)19-23-17-16-22(24-14-7-8-15-25(23)24)13-9-10-18-32-28(35)37-20-21-11-5-4-6-12-21/h4-8,11-12,14-17,26H,10,18-20H2,1-3H3,(H2,31,34)(H,32,35)(H,33,36)/t26-/m0/s1. The third-order valence-electron chi connectivity index (χ3n) is 5.43. The summed E-state index contributed by atoms with van der Waals surface area (Å²) in [5, 5.41) is 7.08. The molecule has 0 aliphatic carbocycles. The van der Waals surface area contributed by atoms with Gasteiger partial charge < -0.3 is 25.8 Å². The smallest absolute Gasteiger partial charge is 0.408 e. The van der Waals surface area contributed by atoms with E-state index in [1.807, 2.05) is 66.7 Å². The molecule has 0 saturated carbocycles. The van der Waals surface area contributed by atoms with Crippen LogP contribution in [0.15, 0.2) is 66.7 Å². The summed E-state index contributed by atoms with van der Waals surface area (Å²) in [4.78, 5) is 36.2. The van der Waals surface area contributed by atoms with Crippen LogP contribution in [-0.4, -0.2) is 36.3 Å². The van der Waals surface area contributed by atoms with Crippen LogP contribution in [0.1, 0.15) is 43.9 Å². The molecule has 0 aliphatic heterocycles. The van der Waals surface area contributed by atoms with E-state index in [-0.39, 0.29) is 13.0 Å². The third kappa shape index (κ3) is 8.86. The van der Waals surface area contributed by atoms with Gasteiger partial charge in [0.2, 0.25) is 5.91 Å². The number of carbonyl (C=O) groups is 3. The number of hydrogen-bond donors (Lipinski definition) is 3. The molecule has 3 aromatic carbocycles. The van der Waals surface area contributed by atoms with Gasteiger partial charge in [-0.3, -0.25) is 4.79 Å². The Bertz CT molecular complexity index is 1340. The Morgan fingerprint density at radius 3 is 2.29 bits per heavy atom. The zero-order chi connectivity index (χ0) is 27.5. The predicted octanol–water partition coefficient (Wildman–Crippen LogP) is 4.43. The maximum absolute atomic E-state index is 12.2. The van der Waals surface area contributed by atoms with Crippen molar-refractivity contribution in [1.29, 1.82) is 0 Å². The summed E-state index contributed by atoms with van der Waals surface area (Å²) in [6.07, 6.45) is -0.544. The van der Waals surface area contributed by atoms with Crippen molar-refractivity contribution < 1.29 is 23.9 Å². The van der Waals surface area contributed by atoms with Gasteiger partial charge in [0.1, 0.15) is 18.2 Å². The number of alkyl carbamates (subject to hydrolysis) is 2. The van der Waals surface area contributed by atoms with Crippen LogP contribution in [-0.2, 0) is 27.3 Å². The lowest BCUT2D eigenvalue weighted by molar-refractivity contribution is -0.120. The number of benzene rings is 3. The minimum atomic E-state index is -0.932. The van der Waals surface area contributed by atoms with Gasteiger partial charge >= 0.3 is 12.2 Å². The lowest BCUT2D eigenvalue weighted by atomic mass is 9.95. The number of nitrogens with one attached hydrogen (secondary N) is 2. The highest BCUT2D eigenvalue weighted by atomic mass is 16.6. The van der Waals surface area contributed by atoms with Gasteiger partial charge in [0.05, 0.1) is 0 Å². The van der Waals surface area contributed by atoms with E-state index in [9.17, 15) is 14.4 Å². The first-order valence-corrected chi connectivity index (χ1v) is 12.4. The largest absolute Gasteiger partial charge is 0.445 e. The van der Waals surface area contributed by atoms with Gasteiger partial charge in [-0.25, -0.2) is 9.59 Å². The van der Waals surface area contributed by atoms with E-state index in [1.165, 1.54) is 0 Å². The van der Waals surface area contributed by atoms with Crippen LogP contribution in [0.25, 0.3) is 10.8 Å². The second-order valence-corrected chi connectivity index (χ2v) is 9.66. The highest BCUT2D eigenvalue weighted by molar-refractivity contribution is 5.92. The maximum Gasteiger partial charge on any atom is 0.408 e. The van der Waals surface area contributed by atoms with Crippen molar-refractivity contribution in [2.24, 2.45) is 5.73 Å². The van der Waals surface area contributed by atoms with E-state index in [0.717, 1.165) is 27.5 Å². The number of nitrogens with two attached hydrogens (primary N) is 1. The maximum atomic E-state index is 12.2. The summed E-state index contributed by atoms with van der Waals surface area (Å²) >= 11 is 0. The summed E-state index contributed by atoms with van der Waals surface area (Å²) in [6, 6.07) is 20.0. The predicted molar refractivity (Wildman–Crippen MR) is 146 cm³/mol. The first-order valence-electron chi connectivity index (χ1n) is 12.4. The molecule has 0 fully saturated rings. The second kappa shape index (κ2) is 13.2. The van der Waals surface area contributed by atoms with Crippen LogP contribution in [0.5, 0.6) is 0 Å². The Labute approximate surface area is 222 Å². The minimum absolute atomic E-state index is 0.206. The summed E-state index contributed by atoms with van der Waals surface area (Å²) in [5.74, 6) is 5.58. The molecule has 8 nitrogen and oxygen atoms in total. The van der Waals surface area contributed by atoms with Crippen LogP contribution < -0.4 is 16.4 Å². The molecule has 3 rings (SSSR count). The lowest BCUT2D eigenvalue weighted by Gasteiger charge is -2.22. The molecule has 0 heterocycles. The van der Waals surface area contributed by atoms with Crippen molar-refractivity contribution in [1.82, 2.24) is 10.6 Å². The van der Waals surface area contributed by atoms with E-state index >= 15 is 0 Å². The number of carbonyl (C=O) groups excluding carboxylic acids is 3. The molecule has 3 amide bonds. The highest BCUT2D eigenvalue weighted by Crippen LogP contribution is 2.24. The van der Waals surface area contributed by atoms with E-state index in [0.29, 0.717) is 13.0 Å². The molecule has 0 aliphatic rings. The van der Waals surface area contributed by atoms with Gasteiger partial charge in [0.15, 0.2) is 0 Å². The molecule has 0 unspecified atom stereocenters. The van der Waals surface area contributed by atoms with E-state index in [2.05, 4.69) is 22.5 Å². The van der Waals surface area contributed by atoms with Crippen molar-refractivity contribution in [2.75, 3.05) is 6.54 Å². The summed E-state index contributed by atoms with van der Waals surface area (Å²) in [6.45, 7) is 5.79. The third-order valence-corrected chi connectivity index (χ3v) is 5.43. The molecule has 3 aromatic rings. The average molecular weight is 516 g/mol. The molecular weight excluding hydrogens is 482 g/mol. The monoisotopic (exact) mass is 515 g/mol. The number of ether oxygens (including phenoxy) is 2. The Kier molecular flexibility index (Phi) is 9.72. The zero-order valence-electron chi connectivity index (χ0n) is 21.9. The second-order valence-electron chi connectivity index (χ2n) is 9.66. The fraction of sp³-hybridized carbons (Fsp3) is 0.300. The number of primary amides is 1. The average Bonchev–Trinajstić information content (AvgIpc) is 2.87. The van der Waals surface area contributed by atoms with Gasteiger partial charge in [-0.15, -0.1) is 0 Å². The quantitative estimate of drug-likeness (QED) is 0.303. The molecule has 0 spiro atoms. The summed E-state index contributed by atoms with van der Waals surface area (Å²) < 4.78 is 10.5. The van der Waals surface area contributed by atoms with E-state index < -0.39 is 29.7 Å². The normalized spacial score (nSPS) is 11.6. The van der Waals surface area contributed by atoms with Crippen molar-refractivity contribution in [2.45, 2.75) is 51.9 Å². The molecule has 8 heteroatoms. The molecule has 0 radical (unpaired) electrons. The Hall–Kier alpha value is -4.51. The van der Waals surface area contributed by atoms with Crippen LogP contribution in [0.3, 0.4) is 0 Å². The van der Waals surface area contributed by atoms with Gasteiger partial charge in [-0.2, -0.15) is 0 Å². The van der Waals surface area contributed by atoms with Crippen LogP contribution in [0.2, 0.25) is 0 Å². The van der Waals surface area contributed by atoms with Crippen molar-refractivity contribution in [3.63, 3.8) is 0 Å². The van der Waals surface area contributed by atoms with E-state index in [4.69, 9.17) is 15.2 Å². The lowest BCUT2D eigenvalue weighted by Crippen LogP contribution is -2.47. The minimum Gasteiger partial charge on any atom is -0.445 e. The Morgan fingerprint density at radius 2 is 1.61 bits per heavy atom. The highest BCUT2D eigenvalue weighted by Gasteiger charge is 2.23. The molecule has 4 N–H and O–H groups in total. The molecule has 0 saturated heterocycles. The molecule has 0 aromatic heterocycles. The van der Waals surface area contributed by atoms with E-state index in [1.54, 1.807) is 20.8 Å². The van der Waals surface area contributed by atoms with Crippen molar-refractivity contribution in [3.8, 4) is 11.8 Å². The zero-order valence-corrected chi connectivity index (χ0v) is 21.9. The Balaban J connectivity index is 1.62. The first kappa shape index (κ1) is 28.1. The molecule has 0 bridgehead atoms. The SMILES string of the molecule is CC(C)(C)OC(=O)N[C@@H](Cc1ccc(C#CCCNC(=O)OCc2ccccc2)c2ccccc12)C(N)=O. The van der Waals surface area contributed by atoms with Gasteiger partial charge in [-0.1, -0.05) is 72.5 Å². The van der Waals surface area contributed by atoms with Gasteiger partial charge in [0.25, 0.3) is 0 Å². The number of amides is 3. The number of rotatable bonds is 8. The first-order chi connectivity index (χ1) is 18.1. The van der Waals surface area contributed by atoms with Crippen LogP contribution in [0.4, 0.5) is 9.59 Å². The Morgan fingerprint density at radius 1 is 0.921 bits per heavy atom. The van der Waals surface area contributed by atoms with Crippen LogP contribution in [0, 0.1) is 11.8 Å². The molecule has 198 valence electrons. The number of hydrogen-bond acceptors (Lipinski definition) is 5. The molecular formula is C30H33N3O5. The molecule has 38 heavy (non-hydrogen) atoms. The van der Waals surface area contributed by atoms with Crippen molar-refractivity contribution in [3.05, 3.63) is 83.4 Å². The van der Waals surface area contributed by atoms with Gasteiger partial charge in [-0.05, 0) is 48.7 Å². The number of fused-ring (bicyclic) bond motifs is 1. The van der Waals surface area contributed by atoms with Crippen molar-refractivity contribution >= 4 is 28.9 Å². The van der Waals surface area contributed by atoms with Crippen LogP contribution >= 0.6 is 0 Å².